The van der Waals surface area contributed by atoms with Gasteiger partial charge in [-0.3, -0.25) is 0 Å². The Morgan fingerprint density at radius 3 is 1.35 bits per heavy atom. The second kappa shape index (κ2) is 11.4. The van der Waals surface area contributed by atoms with E-state index in [1.165, 1.54) is 50.6 Å². The van der Waals surface area contributed by atoms with Gasteiger partial charge in [0, 0.05) is 0 Å². The van der Waals surface area contributed by atoms with E-state index < -0.39 is 22.6 Å². The van der Waals surface area contributed by atoms with E-state index in [0.29, 0.717) is 19.2 Å². The number of allylic oxidation sites excluding steroid dienone is 2. The summed E-state index contributed by atoms with van der Waals surface area (Å²) in [4.78, 5) is 0. The van der Waals surface area contributed by atoms with Crippen LogP contribution in [0.3, 0.4) is 0 Å². The third-order valence-electron chi connectivity index (χ3n) is 11.4. The Hall–Kier alpha value is -2.55. The molecule has 0 amide bonds. The summed E-state index contributed by atoms with van der Waals surface area (Å²) < 4.78 is 6.82. The van der Waals surface area contributed by atoms with Gasteiger partial charge < -0.3 is 0 Å². The first-order valence-electron chi connectivity index (χ1n) is 16.4. The zero-order valence-corrected chi connectivity index (χ0v) is 32.0. The number of hydrogen-bond donors (Lipinski definition) is 0. The first-order chi connectivity index (χ1) is 20.5. The van der Waals surface area contributed by atoms with Crippen LogP contribution in [0.5, 0.6) is 0 Å². The first-order valence-corrected chi connectivity index (χ1v) is 35.3. The van der Waals surface area contributed by atoms with Crippen LogP contribution in [-0.4, -0.2) is 5.49 Å². The molecule has 0 bridgehead atoms. The van der Waals surface area contributed by atoms with Crippen molar-refractivity contribution in [3.63, 3.8) is 0 Å². The molecule has 2 heteroatoms. The molecule has 2 aliphatic carbocycles. The molecule has 0 heterocycles. The van der Waals surface area contributed by atoms with E-state index in [2.05, 4.69) is 160 Å². The summed E-state index contributed by atoms with van der Waals surface area (Å²) in [6, 6.07) is 34.2. The third kappa shape index (κ3) is 4.97. The van der Waals surface area contributed by atoms with Gasteiger partial charge >= 0.3 is 263 Å². The second-order valence-electron chi connectivity index (χ2n) is 14.6. The first kappa shape index (κ1) is 30.5. The number of benzene rings is 4. The fourth-order valence-electron chi connectivity index (χ4n) is 8.10. The molecule has 2 atom stereocenters. The molecule has 0 aromatic heterocycles. The molecular weight excluding hydrogens is 699 g/mol. The Balaban J connectivity index is 1.46. The quantitative estimate of drug-likeness (QED) is 0.165. The van der Waals surface area contributed by atoms with Crippen molar-refractivity contribution in [3.05, 3.63) is 130 Å². The van der Waals surface area contributed by atoms with E-state index >= 15 is 0 Å². The van der Waals surface area contributed by atoms with Crippen molar-refractivity contribution in [1.82, 2.24) is 0 Å². The van der Waals surface area contributed by atoms with Crippen LogP contribution in [0.1, 0.15) is 87.2 Å². The van der Waals surface area contributed by atoms with E-state index in [1.807, 2.05) is 0 Å². The fourth-order valence-corrected chi connectivity index (χ4v) is 52.9. The van der Waals surface area contributed by atoms with Crippen LogP contribution in [0.4, 0.5) is 0 Å². The molecule has 220 valence electrons. The van der Waals surface area contributed by atoms with Crippen LogP contribution >= 0.6 is 0 Å². The second-order valence-corrected chi connectivity index (χ2v) is 62.2. The molecule has 2 aliphatic rings. The molecule has 0 saturated heterocycles. The van der Waals surface area contributed by atoms with E-state index in [0.717, 1.165) is 0 Å². The summed E-state index contributed by atoms with van der Waals surface area (Å²) in [5, 5.41) is 0. The zero-order chi connectivity index (χ0) is 30.5. The van der Waals surface area contributed by atoms with Gasteiger partial charge in [-0.25, -0.2) is 0 Å². The van der Waals surface area contributed by atoms with E-state index in [-0.39, 0.29) is 0 Å². The van der Waals surface area contributed by atoms with Crippen LogP contribution < -0.4 is 0 Å². The van der Waals surface area contributed by atoms with Crippen molar-refractivity contribution in [2.45, 2.75) is 75.8 Å². The Morgan fingerprint density at radius 2 is 1.00 bits per heavy atom. The van der Waals surface area contributed by atoms with Crippen molar-refractivity contribution in [1.29, 1.82) is 0 Å². The summed E-state index contributed by atoms with van der Waals surface area (Å²) in [7, 11) is 0. The summed E-state index contributed by atoms with van der Waals surface area (Å²) >= 11 is -3.74. The fraction of sp³-hybridized carbons (Fsp3) is 0.317. The van der Waals surface area contributed by atoms with Crippen molar-refractivity contribution in [2.24, 2.45) is 0 Å². The van der Waals surface area contributed by atoms with Crippen LogP contribution in [0.2, 0.25) is 22.0 Å². The third-order valence-corrected chi connectivity index (χ3v) is 70.5. The molecule has 0 N–H and O–H groups in total. The van der Waals surface area contributed by atoms with Crippen LogP contribution in [0.15, 0.2) is 97.1 Å². The average Bonchev–Trinajstić information content (AvgIpc) is 3.67. The molecule has 4 aromatic carbocycles. The van der Waals surface area contributed by atoms with Crippen molar-refractivity contribution < 1.29 is 17.1 Å². The van der Waals surface area contributed by atoms with E-state index in [1.54, 1.807) is 11.1 Å². The predicted octanol–water partition coefficient (Wildman–Crippen LogP) is 12.5. The molecule has 43 heavy (non-hydrogen) atoms. The van der Waals surface area contributed by atoms with Gasteiger partial charge in [0.1, 0.15) is 0 Å². The van der Waals surface area contributed by atoms with Crippen LogP contribution in [-0.2, 0) is 17.1 Å². The van der Waals surface area contributed by atoms with E-state index in [9.17, 15) is 0 Å². The SMILES string of the molecule is CC[Si](C)=[Hf]([CH3])([CH3])([CH]1C=Cc2c(-c3ccc(C(C)C)cc3)cccc21)[CH]1C=Cc2c(-c3ccc(C(C)C)cc3)cccc21. The minimum atomic E-state index is -3.74. The van der Waals surface area contributed by atoms with Gasteiger partial charge in [-0.1, -0.05) is 0 Å². The number of fused-ring (bicyclic) bond motifs is 2. The molecule has 0 aliphatic heterocycles. The standard InChI is InChI=1S/2C18H17.C3H8Si.2CH3.Hf/c2*1-13(2)14-9-11-16(12-10-14)18-8-4-6-15-5-3-7-17(15)18;1-3-4-2;;;/h2*3-13H,1-2H3;3H2,1-2H3;2*1H3;. The van der Waals surface area contributed by atoms with Gasteiger partial charge in [0.2, 0.25) is 0 Å². The number of hydrogen-bond acceptors (Lipinski definition) is 0. The maximum absolute atomic E-state index is 3.74. The molecule has 4 aromatic rings. The van der Waals surface area contributed by atoms with Gasteiger partial charge in [0.15, 0.2) is 0 Å². The Bertz CT molecular complexity index is 1680. The van der Waals surface area contributed by atoms with Gasteiger partial charge in [-0.2, -0.15) is 0 Å². The topological polar surface area (TPSA) is 0 Å². The molecule has 0 fully saturated rings. The summed E-state index contributed by atoms with van der Waals surface area (Å²) in [6.45, 7) is 14.2. The van der Waals surface area contributed by atoms with Gasteiger partial charge in [-0.15, -0.1) is 0 Å². The molecule has 0 spiro atoms. The Morgan fingerprint density at radius 1 is 0.605 bits per heavy atom. The minimum absolute atomic E-state index is 0.552. The van der Waals surface area contributed by atoms with Crippen molar-refractivity contribution in [3.8, 4) is 22.3 Å². The molecule has 0 nitrogen and oxygen atoms in total. The van der Waals surface area contributed by atoms with Crippen LogP contribution in [0, 0.1) is 0 Å². The molecule has 2 unspecified atom stereocenters. The zero-order valence-electron chi connectivity index (χ0n) is 27.4. The molecular formula is C41H48HfSi. The van der Waals surface area contributed by atoms with Crippen LogP contribution in [0.25, 0.3) is 34.4 Å². The Kier molecular flexibility index (Phi) is 8.09. The monoisotopic (exact) mass is 748 g/mol. The Labute approximate surface area is 261 Å². The van der Waals surface area contributed by atoms with Crippen molar-refractivity contribution in [2.75, 3.05) is 0 Å². The normalized spacial score (nSPS) is 17.6. The van der Waals surface area contributed by atoms with Crippen molar-refractivity contribution >= 4 is 17.6 Å². The van der Waals surface area contributed by atoms with Gasteiger partial charge in [-0.05, 0) is 0 Å². The molecule has 0 radical (unpaired) electrons. The summed E-state index contributed by atoms with van der Waals surface area (Å²) in [5.74, 6) is 1.10. The predicted molar refractivity (Wildman–Crippen MR) is 189 cm³/mol. The average molecular weight is 747 g/mol. The van der Waals surface area contributed by atoms with Gasteiger partial charge in [0.05, 0.1) is 0 Å². The molecule has 6 rings (SSSR count). The van der Waals surface area contributed by atoms with E-state index in [4.69, 9.17) is 0 Å². The number of rotatable bonds is 7. The van der Waals surface area contributed by atoms with Gasteiger partial charge in [0.25, 0.3) is 0 Å². The maximum atomic E-state index is 2.84. The molecule has 0 saturated carbocycles. The summed E-state index contributed by atoms with van der Waals surface area (Å²) in [6.07, 6.45) is 10.3. The summed E-state index contributed by atoms with van der Waals surface area (Å²) in [5.41, 5.74) is 13.8.